The van der Waals surface area contributed by atoms with Crippen LogP contribution in [-0.2, 0) is 6.54 Å². The Balaban J connectivity index is 1.91. The smallest absolute Gasteiger partial charge is 0.0933 e. The van der Waals surface area contributed by atoms with Gasteiger partial charge < -0.3 is 5.32 Å². The van der Waals surface area contributed by atoms with Gasteiger partial charge in [0.15, 0.2) is 0 Å². The summed E-state index contributed by atoms with van der Waals surface area (Å²) in [6, 6.07) is 15.5. The average molecular weight is 303 g/mol. The van der Waals surface area contributed by atoms with Gasteiger partial charge in [-0.1, -0.05) is 47.5 Å². The van der Waals surface area contributed by atoms with Gasteiger partial charge in [0.1, 0.15) is 0 Å². The van der Waals surface area contributed by atoms with E-state index in [-0.39, 0.29) is 0 Å². The number of anilines is 1. The molecule has 0 atom stereocenters. The van der Waals surface area contributed by atoms with Crippen molar-refractivity contribution in [1.29, 1.82) is 0 Å². The first kappa shape index (κ1) is 13.2. The van der Waals surface area contributed by atoms with E-state index in [1.807, 2.05) is 48.5 Å². The number of pyridine rings is 1. The van der Waals surface area contributed by atoms with Crippen LogP contribution in [0.2, 0.25) is 10.0 Å². The minimum Gasteiger partial charge on any atom is -0.379 e. The second kappa shape index (κ2) is 5.70. The zero-order chi connectivity index (χ0) is 13.9. The Morgan fingerprint density at radius 2 is 1.60 bits per heavy atom. The quantitative estimate of drug-likeness (QED) is 0.723. The Morgan fingerprint density at radius 1 is 0.900 bits per heavy atom. The second-order valence-electron chi connectivity index (χ2n) is 4.43. The molecule has 3 aromatic rings. The molecular weight excluding hydrogens is 291 g/mol. The molecule has 1 aromatic heterocycles. The van der Waals surface area contributed by atoms with E-state index >= 15 is 0 Å². The third kappa shape index (κ3) is 2.58. The number of hydrogen-bond acceptors (Lipinski definition) is 2. The lowest BCUT2D eigenvalue weighted by Crippen LogP contribution is -2.02. The lowest BCUT2D eigenvalue weighted by atomic mass is 10.1. The van der Waals surface area contributed by atoms with Crippen LogP contribution in [0.3, 0.4) is 0 Å². The van der Waals surface area contributed by atoms with Crippen LogP contribution in [0.5, 0.6) is 0 Å². The van der Waals surface area contributed by atoms with Crippen LogP contribution in [0.1, 0.15) is 5.56 Å². The van der Waals surface area contributed by atoms with Crippen molar-refractivity contribution in [2.45, 2.75) is 6.54 Å². The van der Waals surface area contributed by atoms with Gasteiger partial charge in [-0.2, -0.15) is 0 Å². The standard InChI is InChI=1S/C16H12Cl2N2/c17-13-6-2-7-14(18)12(13)10-20-15-8-1-4-11-5-3-9-19-16(11)15/h1-9,20H,10H2. The van der Waals surface area contributed by atoms with Crippen molar-refractivity contribution in [2.75, 3.05) is 5.32 Å². The molecule has 0 aliphatic rings. The Labute approximate surface area is 127 Å². The van der Waals surface area contributed by atoms with Crippen LogP contribution >= 0.6 is 23.2 Å². The van der Waals surface area contributed by atoms with Crippen molar-refractivity contribution in [3.05, 3.63) is 70.3 Å². The highest BCUT2D eigenvalue weighted by molar-refractivity contribution is 6.36. The highest BCUT2D eigenvalue weighted by Gasteiger charge is 2.06. The zero-order valence-electron chi connectivity index (χ0n) is 10.6. The molecule has 0 saturated heterocycles. The molecule has 20 heavy (non-hydrogen) atoms. The van der Waals surface area contributed by atoms with Crippen LogP contribution in [-0.4, -0.2) is 4.98 Å². The van der Waals surface area contributed by atoms with E-state index in [0.717, 1.165) is 22.2 Å². The summed E-state index contributed by atoms with van der Waals surface area (Å²) in [5, 5.41) is 5.78. The predicted molar refractivity (Wildman–Crippen MR) is 85.5 cm³/mol. The largest absolute Gasteiger partial charge is 0.379 e. The van der Waals surface area contributed by atoms with E-state index in [4.69, 9.17) is 23.2 Å². The Hall–Kier alpha value is -1.77. The number of rotatable bonds is 3. The Bertz CT molecular complexity index is 731. The lowest BCUT2D eigenvalue weighted by molar-refractivity contribution is 1.15. The first-order valence-electron chi connectivity index (χ1n) is 6.26. The Morgan fingerprint density at radius 3 is 2.40 bits per heavy atom. The van der Waals surface area contributed by atoms with Gasteiger partial charge in [0, 0.05) is 33.7 Å². The van der Waals surface area contributed by atoms with Crippen molar-refractivity contribution in [1.82, 2.24) is 4.98 Å². The number of halogens is 2. The lowest BCUT2D eigenvalue weighted by Gasteiger charge is -2.11. The summed E-state index contributed by atoms with van der Waals surface area (Å²) in [6.07, 6.45) is 1.79. The molecule has 0 unspecified atom stereocenters. The van der Waals surface area contributed by atoms with Crippen molar-refractivity contribution >= 4 is 39.8 Å². The van der Waals surface area contributed by atoms with Crippen LogP contribution in [0, 0.1) is 0 Å². The SMILES string of the molecule is Clc1cccc(Cl)c1CNc1cccc2cccnc12. The summed E-state index contributed by atoms with van der Waals surface area (Å²) in [7, 11) is 0. The van der Waals surface area contributed by atoms with E-state index in [1.165, 1.54) is 0 Å². The third-order valence-corrected chi connectivity index (χ3v) is 3.86. The normalized spacial score (nSPS) is 10.7. The summed E-state index contributed by atoms with van der Waals surface area (Å²) in [4.78, 5) is 4.41. The third-order valence-electron chi connectivity index (χ3n) is 3.15. The van der Waals surface area contributed by atoms with Gasteiger partial charge in [0.05, 0.1) is 11.2 Å². The monoisotopic (exact) mass is 302 g/mol. The molecule has 4 heteroatoms. The van der Waals surface area contributed by atoms with Crippen molar-refractivity contribution < 1.29 is 0 Å². The number of hydrogen-bond donors (Lipinski definition) is 1. The molecule has 0 radical (unpaired) electrons. The minimum atomic E-state index is 0.564. The summed E-state index contributed by atoms with van der Waals surface area (Å²) < 4.78 is 0. The van der Waals surface area contributed by atoms with Gasteiger partial charge in [-0.15, -0.1) is 0 Å². The van der Waals surface area contributed by atoms with E-state index in [0.29, 0.717) is 16.6 Å². The minimum absolute atomic E-state index is 0.564. The van der Waals surface area contributed by atoms with E-state index < -0.39 is 0 Å². The van der Waals surface area contributed by atoms with Gasteiger partial charge in [-0.05, 0) is 24.3 Å². The fraction of sp³-hybridized carbons (Fsp3) is 0.0625. The molecule has 0 amide bonds. The van der Waals surface area contributed by atoms with Crippen LogP contribution < -0.4 is 5.32 Å². The van der Waals surface area contributed by atoms with Gasteiger partial charge in [0.2, 0.25) is 0 Å². The molecule has 0 fully saturated rings. The average Bonchev–Trinajstić information content (AvgIpc) is 2.47. The fourth-order valence-corrected chi connectivity index (χ4v) is 2.66. The van der Waals surface area contributed by atoms with Crippen molar-refractivity contribution in [3.63, 3.8) is 0 Å². The maximum atomic E-state index is 6.17. The van der Waals surface area contributed by atoms with Gasteiger partial charge >= 0.3 is 0 Å². The number of aromatic nitrogens is 1. The predicted octanol–water partition coefficient (Wildman–Crippen LogP) is 5.15. The summed E-state index contributed by atoms with van der Waals surface area (Å²) in [5.41, 5.74) is 2.81. The molecule has 1 N–H and O–H groups in total. The number of para-hydroxylation sites is 1. The Kier molecular flexibility index (Phi) is 3.77. The second-order valence-corrected chi connectivity index (χ2v) is 5.25. The first-order chi connectivity index (χ1) is 9.75. The molecule has 0 saturated carbocycles. The molecule has 100 valence electrons. The summed E-state index contributed by atoms with van der Waals surface area (Å²) >= 11 is 12.3. The van der Waals surface area contributed by atoms with E-state index in [1.54, 1.807) is 6.20 Å². The fourth-order valence-electron chi connectivity index (χ4n) is 2.13. The summed E-state index contributed by atoms with van der Waals surface area (Å²) in [5.74, 6) is 0. The van der Waals surface area contributed by atoms with Crippen molar-refractivity contribution in [2.24, 2.45) is 0 Å². The number of benzene rings is 2. The van der Waals surface area contributed by atoms with Crippen LogP contribution in [0.15, 0.2) is 54.7 Å². The van der Waals surface area contributed by atoms with Crippen LogP contribution in [0.25, 0.3) is 10.9 Å². The zero-order valence-corrected chi connectivity index (χ0v) is 12.1. The molecule has 0 aliphatic heterocycles. The molecule has 1 heterocycles. The molecule has 0 spiro atoms. The molecule has 0 aliphatic carbocycles. The summed E-state index contributed by atoms with van der Waals surface area (Å²) in [6.45, 7) is 0.564. The molecule has 0 bridgehead atoms. The van der Waals surface area contributed by atoms with E-state index in [2.05, 4.69) is 10.3 Å². The maximum Gasteiger partial charge on any atom is 0.0933 e. The maximum absolute atomic E-state index is 6.17. The topological polar surface area (TPSA) is 24.9 Å². The highest BCUT2D eigenvalue weighted by atomic mass is 35.5. The van der Waals surface area contributed by atoms with Gasteiger partial charge in [0.25, 0.3) is 0 Å². The number of nitrogens with one attached hydrogen (secondary N) is 1. The van der Waals surface area contributed by atoms with Gasteiger partial charge in [-0.25, -0.2) is 0 Å². The van der Waals surface area contributed by atoms with Crippen molar-refractivity contribution in [3.8, 4) is 0 Å². The van der Waals surface area contributed by atoms with Gasteiger partial charge in [-0.3, -0.25) is 4.98 Å². The molecule has 3 rings (SSSR count). The highest BCUT2D eigenvalue weighted by Crippen LogP contribution is 2.27. The molecular formula is C16H12Cl2N2. The number of fused-ring (bicyclic) bond motifs is 1. The van der Waals surface area contributed by atoms with E-state index in [9.17, 15) is 0 Å². The molecule has 2 nitrogen and oxygen atoms in total. The number of nitrogens with zero attached hydrogens (tertiary/aromatic N) is 1. The first-order valence-corrected chi connectivity index (χ1v) is 7.02. The molecule has 2 aromatic carbocycles. The van der Waals surface area contributed by atoms with Crippen LogP contribution in [0.4, 0.5) is 5.69 Å².